The molecular weight excluding hydrogens is 194 g/mol. The number of ether oxygens (including phenoxy) is 1. The molecule has 0 N–H and O–H groups in total. The molecular formula is C11H17NOS. The van der Waals surface area contributed by atoms with Crippen LogP contribution >= 0.6 is 11.3 Å². The normalized spacial score (nSPS) is 21.6. The summed E-state index contributed by atoms with van der Waals surface area (Å²) >= 11 is 1.79. The van der Waals surface area contributed by atoms with Crippen LogP contribution in [0.15, 0.2) is 5.38 Å². The fourth-order valence-electron chi connectivity index (χ4n) is 1.81. The third-order valence-electron chi connectivity index (χ3n) is 2.53. The highest BCUT2D eigenvalue weighted by Gasteiger charge is 2.17. The first kappa shape index (κ1) is 10.1. The van der Waals surface area contributed by atoms with Crippen molar-refractivity contribution >= 4 is 11.3 Å². The summed E-state index contributed by atoms with van der Waals surface area (Å²) in [6.07, 6.45) is 6.19. The predicted molar refractivity (Wildman–Crippen MR) is 58.8 cm³/mol. The Hall–Kier alpha value is -0.410. The van der Waals surface area contributed by atoms with Crippen LogP contribution in [0.3, 0.4) is 0 Å². The van der Waals surface area contributed by atoms with Gasteiger partial charge in [0.1, 0.15) is 0 Å². The van der Waals surface area contributed by atoms with Gasteiger partial charge in [-0.3, -0.25) is 0 Å². The van der Waals surface area contributed by atoms with E-state index in [0.29, 0.717) is 6.10 Å². The van der Waals surface area contributed by atoms with Gasteiger partial charge in [0.05, 0.1) is 16.8 Å². The second-order valence-electron chi connectivity index (χ2n) is 3.82. The lowest BCUT2D eigenvalue weighted by molar-refractivity contribution is 0.111. The maximum atomic E-state index is 5.59. The third-order valence-corrected chi connectivity index (χ3v) is 3.45. The molecule has 2 rings (SSSR count). The first-order valence-electron chi connectivity index (χ1n) is 5.43. The molecule has 0 saturated carbocycles. The monoisotopic (exact) mass is 211 g/mol. The minimum atomic E-state index is 0.440. The van der Waals surface area contributed by atoms with Crippen molar-refractivity contribution in [3.05, 3.63) is 16.1 Å². The first-order valence-corrected chi connectivity index (χ1v) is 6.31. The van der Waals surface area contributed by atoms with Crippen molar-refractivity contribution in [2.24, 2.45) is 0 Å². The molecule has 14 heavy (non-hydrogen) atoms. The van der Waals surface area contributed by atoms with Crippen molar-refractivity contribution in [3.8, 4) is 0 Å². The van der Waals surface area contributed by atoms with Gasteiger partial charge in [0.2, 0.25) is 0 Å². The van der Waals surface area contributed by atoms with Crippen molar-refractivity contribution in [2.75, 3.05) is 6.61 Å². The molecule has 0 aromatic carbocycles. The van der Waals surface area contributed by atoms with E-state index in [1.54, 1.807) is 11.3 Å². The van der Waals surface area contributed by atoms with E-state index in [-0.39, 0.29) is 0 Å². The lowest BCUT2D eigenvalue weighted by atomic mass is 10.2. The van der Waals surface area contributed by atoms with Crippen LogP contribution in [0.25, 0.3) is 0 Å². The standard InChI is InChI=1S/C11H17NOS/c1-2-4-9-8-14-11(12-9)7-10-5-3-6-13-10/h8,10H,2-7H2,1H3. The van der Waals surface area contributed by atoms with Crippen LogP contribution in [0.5, 0.6) is 0 Å². The van der Waals surface area contributed by atoms with E-state index in [0.717, 1.165) is 19.4 Å². The molecule has 1 unspecified atom stereocenters. The Balaban J connectivity index is 1.88. The van der Waals surface area contributed by atoms with Crippen LogP contribution in [0.4, 0.5) is 0 Å². The number of hydrogen-bond donors (Lipinski definition) is 0. The zero-order valence-corrected chi connectivity index (χ0v) is 9.48. The molecule has 1 aliphatic heterocycles. The van der Waals surface area contributed by atoms with Gasteiger partial charge in [-0.1, -0.05) is 13.3 Å². The van der Waals surface area contributed by atoms with E-state index >= 15 is 0 Å². The van der Waals surface area contributed by atoms with Crippen molar-refractivity contribution in [3.63, 3.8) is 0 Å². The predicted octanol–water partition coefficient (Wildman–Crippen LogP) is 2.82. The summed E-state index contributed by atoms with van der Waals surface area (Å²) in [6, 6.07) is 0. The average Bonchev–Trinajstić information content (AvgIpc) is 2.79. The molecule has 2 nitrogen and oxygen atoms in total. The molecule has 1 aliphatic rings. The second-order valence-corrected chi connectivity index (χ2v) is 4.76. The van der Waals surface area contributed by atoms with Gasteiger partial charge in [-0.25, -0.2) is 4.98 Å². The number of rotatable bonds is 4. The van der Waals surface area contributed by atoms with Crippen molar-refractivity contribution < 1.29 is 4.74 Å². The van der Waals surface area contributed by atoms with Crippen LogP contribution in [-0.2, 0) is 17.6 Å². The molecule has 3 heteroatoms. The molecule has 1 fully saturated rings. The lowest BCUT2D eigenvalue weighted by Crippen LogP contribution is -2.08. The fourth-order valence-corrected chi connectivity index (χ4v) is 2.71. The summed E-state index contributed by atoms with van der Waals surface area (Å²) in [5, 5.41) is 3.44. The molecule has 0 bridgehead atoms. The topological polar surface area (TPSA) is 22.1 Å². The minimum Gasteiger partial charge on any atom is -0.378 e. The Morgan fingerprint density at radius 1 is 1.64 bits per heavy atom. The van der Waals surface area contributed by atoms with Crippen LogP contribution in [-0.4, -0.2) is 17.7 Å². The molecule has 0 spiro atoms. The number of nitrogens with zero attached hydrogens (tertiary/aromatic N) is 1. The third kappa shape index (κ3) is 2.55. The maximum absolute atomic E-state index is 5.59. The highest BCUT2D eigenvalue weighted by Crippen LogP contribution is 2.20. The van der Waals surface area contributed by atoms with Crippen LogP contribution < -0.4 is 0 Å². The van der Waals surface area contributed by atoms with Gasteiger partial charge >= 0.3 is 0 Å². The highest BCUT2D eigenvalue weighted by molar-refractivity contribution is 7.09. The summed E-state index contributed by atoms with van der Waals surface area (Å²) < 4.78 is 5.59. The molecule has 0 radical (unpaired) electrons. The largest absolute Gasteiger partial charge is 0.378 e. The van der Waals surface area contributed by atoms with E-state index in [4.69, 9.17) is 4.74 Å². The maximum Gasteiger partial charge on any atom is 0.0954 e. The Morgan fingerprint density at radius 3 is 3.29 bits per heavy atom. The number of hydrogen-bond acceptors (Lipinski definition) is 3. The molecule has 1 saturated heterocycles. The van der Waals surface area contributed by atoms with Gasteiger partial charge in [-0.15, -0.1) is 11.3 Å². The van der Waals surface area contributed by atoms with Crippen LogP contribution in [0.2, 0.25) is 0 Å². The van der Waals surface area contributed by atoms with Gasteiger partial charge < -0.3 is 4.74 Å². The summed E-state index contributed by atoms with van der Waals surface area (Å²) in [5.74, 6) is 0. The van der Waals surface area contributed by atoms with E-state index < -0.39 is 0 Å². The number of thiazole rings is 1. The van der Waals surface area contributed by atoms with Crippen molar-refractivity contribution in [1.29, 1.82) is 0 Å². The van der Waals surface area contributed by atoms with Crippen LogP contribution in [0, 0.1) is 0 Å². The molecule has 1 atom stereocenters. The number of aromatic nitrogens is 1. The van der Waals surface area contributed by atoms with Gasteiger partial charge in [0, 0.05) is 18.4 Å². The quantitative estimate of drug-likeness (QED) is 0.764. The molecule has 0 amide bonds. The van der Waals surface area contributed by atoms with Crippen molar-refractivity contribution in [1.82, 2.24) is 4.98 Å². The Bertz CT molecular complexity index is 279. The first-order chi connectivity index (χ1) is 6.88. The average molecular weight is 211 g/mol. The minimum absolute atomic E-state index is 0.440. The van der Waals surface area contributed by atoms with E-state index in [2.05, 4.69) is 17.3 Å². The number of aryl methyl sites for hydroxylation is 1. The smallest absolute Gasteiger partial charge is 0.0954 e. The Labute approximate surface area is 89.3 Å². The fraction of sp³-hybridized carbons (Fsp3) is 0.727. The Kier molecular flexibility index (Phi) is 3.54. The summed E-state index contributed by atoms with van der Waals surface area (Å²) in [4.78, 5) is 4.60. The molecule has 78 valence electrons. The molecule has 1 aromatic heterocycles. The van der Waals surface area contributed by atoms with Gasteiger partial charge in [0.15, 0.2) is 0 Å². The molecule has 2 heterocycles. The summed E-state index contributed by atoms with van der Waals surface area (Å²) in [5.41, 5.74) is 1.26. The lowest BCUT2D eigenvalue weighted by Gasteiger charge is -2.05. The highest BCUT2D eigenvalue weighted by atomic mass is 32.1. The van der Waals surface area contributed by atoms with E-state index in [1.165, 1.54) is 30.0 Å². The van der Waals surface area contributed by atoms with E-state index in [9.17, 15) is 0 Å². The summed E-state index contributed by atoms with van der Waals surface area (Å²) in [7, 11) is 0. The summed E-state index contributed by atoms with van der Waals surface area (Å²) in [6.45, 7) is 3.14. The Morgan fingerprint density at radius 2 is 2.57 bits per heavy atom. The zero-order valence-electron chi connectivity index (χ0n) is 8.66. The zero-order chi connectivity index (χ0) is 9.80. The van der Waals surface area contributed by atoms with Gasteiger partial charge in [-0.05, 0) is 19.3 Å². The second kappa shape index (κ2) is 4.89. The molecule has 0 aliphatic carbocycles. The molecule has 1 aromatic rings. The SMILES string of the molecule is CCCc1csc(CC2CCCO2)n1. The van der Waals surface area contributed by atoms with E-state index in [1.807, 2.05) is 0 Å². The van der Waals surface area contributed by atoms with Gasteiger partial charge in [-0.2, -0.15) is 0 Å². The van der Waals surface area contributed by atoms with Crippen molar-refractivity contribution in [2.45, 2.75) is 45.1 Å². The van der Waals surface area contributed by atoms with Crippen LogP contribution in [0.1, 0.15) is 36.9 Å². The van der Waals surface area contributed by atoms with Gasteiger partial charge in [0.25, 0.3) is 0 Å².